The van der Waals surface area contributed by atoms with Crippen LogP contribution in [0.25, 0.3) is 0 Å². The molecular weight excluding hydrogens is 337 g/mol. The Morgan fingerprint density at radius 2 is 1.95 bits per heavy atom. The second-order valence-electron chi connectivity index (χ2n) is 4.53. The second kappa shape index (κ2) is 7.33. The van der Waals surface area contributed by atoms with Gasteiger partial charge in [0, 0.05) is 18.1 Å². The predicted molar refractivity (Wildman–Crippen MR) is 82.4 cm³/mol. The molecule has 0 fully saturated rings. The zero-order valence-electron chi connectivity index (χ0n) is 11.5. The lowest BCUT2D eigenvalue weighted by atomic mass is 10.1. The average molecular weight is 352 g/mol. The van der Waals surface area contributed by atoms with Crippen molar-refractivity contribution in [1.82, 2.24) is 5.32 Å². The molecule has 0 saturated carbocycles. The average Bonchev–Trinajstić information content (AvgIpc) is 2.46. The highest BCUT2D eigenvalue weighted by Gasteiger charge is 2.14. The summed E-state index contributed by atoms with van der Waals surface area (Å²) in [6.07, 6.45) is 0. The molecule has 1 N–H and O–H groups in total. The van der Waals surface area contributed by atoms with Crippen LogP contribution in [0.2, 0.25) is 0 Å². The van der Waals surface area contributed by atoms with Gasteiger partial charge in [-0.05, 0) is 39.2 Å². The fraction of sp³-hybridized carbons (Fsp3) is 0.188. The van der Waals surface area contributed by atoms with Crippen molar-refractivity contribution in [3.8, 4) is 0 Å². The molecule has 0 spiro atoms. The van der Waals surface area contributed by atoms with E-state index in [1.165, 1.54) is 6.07 Å². The van der Waals surface area contributed by atoms with Crippen molar-refractivity contribution in [1.29, 1.82) is 0 Å². The number of halogens is 2. The molecule has 0 aliphatic heterocycles. The summed E-state index contributed by atoms with van der Waals surface area (Å²) in [5.41, 5.74) is 1.98. The molecule has 0 heterocycles. The lowest BCUT2D eigenvalue weighted by Gasteiger charge is -2.09. The number of hydrogen-bond donors (Lipinski definition) is 1. The summed E-state index contributed by atoms with van der Waals surface area (Å²) < 4.78 is 19.2. The third kappa shape index (κ3) is 4.12. The lowest BCUT2D eigenvalue weighted by Crippen LogP contribution is -2.24. The number of benzene rings is 2. The van der Waals surface area contributed by atoms with Crippen molar-refractivity contribution in [2.45, 2.75) is 13.2 Å². The molecule has 2 aromatic carbocycles. The monoisotopic (exact) mass is 351 g/mol. The first-order chi connectivity index (χ1) is 10.1. The standard InChI is InChI=1S/C16H15BrFNO2/c1-21-10-12-5-2-4-11(8-12)9-19-16(20)15-13(17)6-3-7-14(15)18/h2-8H,9-10H2,1H3,(H,19,20). The summed E-state index contributed by atoms with van der Waals surface area (Å²) in [6, 6.07) is 12.1. The van der Waals surface area contributed by atoms with Gasteiger partial charge in [-0.1, -0.05) is 30.3 Å². The Balaban J connectivity index is 2.06. The van der Waals surface area contributed by atoms with E-state index in [0.717, 1.165) is 11.1 Å². The van der Waals surface area contributed by atoms with Crippen LogP contribution in [0.5, 0.6) is 0 Å². The maximum atomic E-state index is 13.7. The first-order valence-corrected chi connectivity index (χ1v) is 7.20. The van der Waals surface area contributed by atoms with Crippen molar-refractivity contribution in [3.63, 3.8) is 0 Å². The molecule has 0 aliphatic carbocycles. The minimum Gasteiger partial charge on any atom is -0.380 e. The van der Waals surface area contributed by atoms with Gasteiger partial charge in [0.1, 0.15) is 5.82 Å². The molecule has 21 heavy (non-hydrogen) atoms. The quantitative estimate of drug-likeness (QED) is 0.892. The predicted octanol–water partition coefficient (Wildman–Crippen LogP) is 3.66. The van der Waals surface area contributed by atoms with Crippen LogP contribution >= 0.6 is 15.9 Å². The van der Waals surface area contributed by atoms with Gasteiger partial charge < -0.3 is 10.1 Å². The van der Waals surface area contributed by atoms with E-state index in [4.69, 9.17) is 4.74 Å². The topological polar surface area (TPSA) is 38.3 Å². The first kappa shape index (κ1) is 15.7. The largest absolute Gasteiger partial charge is 0.380 e. The first-order valence-electron chi connectivity index (χ1n) is 6.41. The zero-order valence-corrected chi connectivity index (χ0v) is 13.1. The fourth-order valence-corrected chi connectivity index (χ4v) is 2.50. The lowest BCUT2D eigenvalue weighted by molar-refractivity contribution is 0.0946. The summed E-state index contributed by atoms with van der Waals surface area (Å²) in [6.45, 7) is 0.845. The molecule has 0 radical (unpaired) electrons. The van der Waals surface area contributed by atoms with Crippen molar-refractivity contribution in [2.75, 3.05) is 7.11 Å². The molecule has 0 atom stereocenters. The van der Waals surface area contributed by atoms with E-state index in [1.54, 1.807) is 19.2 Å². The van der Waals surface area contributed by atoms with E-state index < -0.39 is 11.7 Å². The van der Waals surface area contributed by atoms with Gasteiger partial charge in [0.15, 0.2) is 0 Å². The maximum Gasteiger partial charge on any atom is 0.255 e. The fourth-order valence-electron chi connectivity index (χ4n) is 1.98. The van der Waals surface area contributed by atoms with Crippen molar-refractivity contribution >= 4 is 21.8 Å². The normalized spacial score (nSPS) is 10.4. The number of rotatable bonds is 5. The van der Waals surface area contributed by atoms with Crippen LogP contribution in [0.1, 0.15) is 21.5 Å². The van der Waals surface area contributed by atoms with E-state index in [0.29, 0.717) is 17.6 Å². The highest BCUT2D eigenvalue weighted by molar-refractivity contribution is 9.10. The highest BCUT2D eigenvalue weighted by atomic mass is 79.9. The van der Waals surface area contributed by atoms with Gasteiger partial charge in [0.2, 0.25) is 0 Å². The number of ether oxygens (including phenoxy) is 1. The SMILES string of the molecule is COCc1cccc(CNC(=O)c2c(F)cccc2Br)c1. The van der Waals surface area contributed by atoms with Gasteiger partial charge in [-0.3, -0.25) is 4.79 Å². The van der Waals surface area contributed by atoms with Gasteiger partial charge >= 0.3 is 0 Å². The van der Waals surface area contributed by atoms with Crippen LogP contribution in [-0.4, -0.2) is 13.0 Å². The third-order valence-corrected chi connectivity index (χ3v) is 3.61. The molecular formula is C16H15BrFNO2. The minimum absolute atomic E-state index is 0.0190. The van der Waals surface area contributed by atoms with Crippen LogP contribution < -0.4 is 5.32 Å². The molecule has 1 amide bonds. The summed E-state index contributed by atoms with van der Waals surface area (Å²) in [4.78, 5) is 12.1. The molecule has 5 heteroatoms. The van der Waals surface area contributed by atoms with Gasteiger partial charge in [-0.15, -0.1) is 0 Å². The Morgan fingerprint density at radius 3 is 2.67 bits per heavy atom. The van der Waals surface area contributed by atoms with E-state index in [-0.39, 0.29) is 5.56 Å². The third-order valence-electron chi connectivity index (χ3n) is 2.95. The maximum absolute atomic E-state index is 13.7. The van der Waals surface area contributed by atoms with Crippen molar-refractivity contribution in [3.05, 3.63) is 69.4 Å². The Kier molecular flexibility index (Phi) is 5.47. The summed E-state index contributed by atoms with van der Waals surface area (Å²) in [5, 5.41) is 2.72. The van der Waals surface area contributed by atoms with Gasteiger partial charge in [-0.2, -0.15) is 0 Å². The van der Waals surface area contributed by atoms with Crippen molar-refractivity contribution < 1.29 is 13.9 Å². The van der Waals surface area contributed by atoms with Gasteiger partial charge in [-0.25, -0.2) is 4.39 Å². The summed E-state index contributed by atoms with van der Waals surface area (Å²) >= 11 is 3.19. The smallest absolute Gasteiger partial charge is 0.255 e. The molecule has 0 unspecified atom stereocenters. The molecule has 2 rings (SSSR count). The molecule has 0 aliphatic rings. The molecule has 110 valence electrons. The number of carbonyl (C=O) groups is 1. The molecule has 0 saturated heterocycles. The number of amides is 1. The van der Waals surface area contributed by atoms with Crippen LogP contribution in [0.4, 0.5) is 4.39 Å². The molecule has 3 nitrogen and oxygen atoms in total. The number of methoxy groups -OCH3 is 1. The summed E-state index contributed by atoms with van der Waals surface area (Å²) in [7, 11) is 1.63. The Hall–Kier alpha value is -1.72. The Labute approximate surface area is 131 Å². The van der Waals surface area contributed by atoms with Crippen molar-refractivity contribution in [2.24, 2.45) is 0 Å². The van der Waals surface area contributed by atoms with E-state index >= 15 is 0 Å². The second-order valence-corrected chi connectivity index (χ2v) is 5.39. The van der Waals surface area contributed by atoms with Crippen LogP contribution in [0, 0.1) is 5.82 Å². The Morgan fingerprint density at radius 1 is 1.24 bits per heavy atom. The van der Waals surface area contributed by atoms with E-state index in [1.807, 2.05) is 24.3 Å². The number of hydrogen-bond acceptors (Lipinski definition) is 2. The van der Waals surface area contributed by atoms with E-state index in [9.17, 15) is 9.18 Å². The number of carbonyl (C=O) groups excluding carboxylic acids is 1. The van der Waals surface area contributed by atoms with Gasteiger partial charge in [0.25, 0.3) is 5.91 Å². The molecule has 2 aromatic rings. The van der Waals surface area contributed by atoms with Gasteiger partial charge in [0.05, 0.1) is 12.2 Å². The minimum atomic E-state index is -0.546. The zero-order chi connectivity index (χ0) is 15.2. The number of nitrogens with one attached hydrogen (secondary N) is 1. The molecule has 0 aromatic heterocycles. The highest BCUT2D eigenvalue weighted by Crippen LogP contribution is 2.19. The van der Waals surface area contributed by atoms with Crippen LogP contribution in [0.3, 0.4) is 0 Å². The summed E-state index contributed by atoms with van der Waals surface area (Å²) in [5.74, 6) is -0.993. The Bertz CT molecular complexity index is 626. The van der Waals surface area contributed by atoms with Crippen LogP contribution in [-0.2, 0) is 17.9 Å². The van der Waals surface area contributed by atoms with Crippen LogP contribution in [0.15, 0.2) is 46.9 Å². The van der Waals surface area contributed by atoms with E-state index in [2.05, 4.69) is 21.2 Å². The molecule has 0 bridgehead atoms.